The molecule has 8 heteroatoms. The molecule has 1 aromatic rings. The molecule has 0 radical (unpaired) electrons. The maximum Gasteiger partial charge on any atom is 0.251 e. The van der Waals surface area contributed by atoms with Gasteiger partial charge in [-0.2, -0.15) is 0 Å². The lowest BCUT2D eigenvalue weighted by atomic mass is 9.94. The van der Waals surface area contributed by atoms with Crippen molar-refractivity contribution in [1.29, 1.82) is 0 Å². The first kappa shape index (κ1) is 18.0. The molecular formula is C17H24N2O5S. The van der Waals surface area contributed by atoms with E-state index >= 15 is 0 Å². The second kappa shape index (κ2) is 7.21. The summed E-state index contributed by atoms with van der Waals surface area (Å²) in [6.45, 7) is 5.48. The Morgan fingerprint density at radius 1 is 1.20 bits per heavy atom. The van der Waals surface area contributed by atoms with E-state index in [0.717, 1.165) is 6.42 Å². The van der Waals surface area contributed by atoms with Gasteiger partial charge in [-0.1, -0.05) is 13.8 Å². The summed E-state index contributed by atoms with van der Waals surface area (Å²) in [4.78, 5) is 12.2. The Morgan fingerprint density at radius 2 is 1.88 bits per heavy atom. The van der Waals surface area contributed by atoms with Gasteiger partial charge in [0, 0.05) is 25.2 Å². The van der Waals surface area contributed by atoms with Gasteiger partial charge in [-0.15, -0.1) is 0 Å². The molecule has 0 spiro atoms. The van der Waals surface area contributed by atoms with E-state index in [1.54, 1.807) is 22.5 Å². The lowest BCUT2D eigenvalue weighted by Gasteiger charge is -2.34. The molecule has 138 valence electrons. The molecule has 1 aromatic carbocycles. The molecule has 7 nitrogen and oxygen atoms in total. The SMILES string of the molecule is C[C@H]1C[C@H](C)CN(S(=O)(=O)CCNC(=O)c2ccc3c(c2)OCO3)C1. The summed E-state index contributed by atoms with van der Waals surface area (Å²) in [5, 5.41) is 2.67. The van der Waals surface area contributed by atoms with Gasteiger partial charge in [0.15, 0.2) is 11.5 Å². The van der Waals surface area contributed by atoms with Crippen LogP contribution in [0.5, 0.6) is 11.5 Å². The maximum absolute atomic E-state index is 12.5. The lowest BCUT2D eigenvalue weighted by molar-refractivity contribution is 0.0955. The molecular weight excluding hydrogens is 344 g/mol. The van der Waals surface area contributed by atoms with Crippen LogP contribution in [0, 0.1) is 11.8 Å². The van der Waals surface area contributed by atoms with Crippen LogP contribution in [-0.4, -0.2) is 50.8 Å². The third kappa shape index (κ3) is 4.24. The standard InChI is InChI=1S/C17H24N2O5S/c1-12-7-13(2)10-19(9-12)25(21,22)6-5-18-17(20)14-3-4-15-16(8-14)24-11-23-15/h3-4,8,12-13H,5-7,9-11H2,1-2H3,(H,18,20)/t12-,13-/m0/s1. The summed E-state index contributed by atoms with van der Waals surface area (Å²) in [7, 11) is -3.36. The highest BCUT2D eigenvalue weighted by atomic mass is 32.2. The Hall–Kier alpha value is -1.80. The Kier molecular flexibility index (Phi) is 5.19. The zero-order valence-corrected chi connectivity index (χ0v) is 15.3. The molecule has 3 rings (SSSR count). The van der Waals surface area contributed by atoms with Gasteiger partial charge < -0.3 is 14.8 Å². The molecule has 0 aromatic heterocycles. The van der Waals surface area contributed by atoms with Gasteiger partial charge in [-0.05, 0) is 36.5 Å². The van der Waals surface area contributed by atoms with Gasteiger partial charge in [0.25, 0.3) is 5.91 Å². The number of rotatable bonds is 5. The molecule has 1 saturated heterocycles. The molecule has 2 aliphatic rings. The van der Waals surface area contributed by atoms with Gasteiger partial charge >= 0.3 is 0 Å². The third-order valence-electron chi connectivity index (χ3n) is 4.51. The van der Waals surface area contributed by atoms with Crippen LogP contribution in [0.25, 0.3) is 0 Å². The average molecular weight is 368 g/mol. The molecule has 1 fully saturated rings. The number of carbonyl (C=O) groups excluding carboxylic acids is 1. The fraction of sp³-hybridized carbons (Fsp3) is 0.588. The van der Waals surface area contributed by atoms with Crippen LogP contribution in [0.3, 0.4) is 0 Å². The number of carbonyl (C=O) groups is 1. The lowest BCUT2D eigenvalue weighted by Crippen LogP contribution is -2.45. The monoisotopic (exact) mass is 368 g/mol. The Bertz CT molecular complexity index is 739. The average Bonchev–Trinajstić information content (AvgIpc) is 3.01. The van der Waals surface area contributed by atoms with Gasteiger partial charge in [0.05, 0.1) is 5.75 Å². The zero-order chi connectivity index (χ0) is 18.0. The number of piperidine rings is 1. The highest BCUT2D eigenvalue weighted by Gasteiger charge is 2.30. The Labute approximate surface area is 148 Å². The first-order valence-electron chi connectivity index (χ1n) is 8.51. The second-order valence-corrected chi connectivity index (χ2v) is 8.99. The van der Waals surface area contributed by atoms with Gasteiger partial charge in [0.1, 0.15) is 0 Å². The van der Waals surface area contributed by atoms with Crippen LogP contribution in [0.2, 0.25) is 0 Å². The van der Waals surface area contributed by atoms with E-state index in [-0.39, 0.29) is 25.0 Å². The van der Waals surface area contributed by atoms with Crippen molar-refractivity contribution in [2.75, 3.05) is 32.2 Å². The normalized spacial score (nSPS) is 23.4. The van der Waals surface area contributed by atoms with Crippen molar-refractivity contribution < 1.29 is 22.7 Å². The predicted octanol–water partition coefficient (Wildman–Crippen LogP) is 1.45. The Balaban J connectivity index is 1.54. The fourth-order valence-corrected chi connectivity index (χ4v) is 4.98. The van der Waals surface area contributed by atoms with Crippen LogP contribution in [-0.2, 0) is 10.0 Å². The number of amides is 1. The zero-order valence-electron chi connectivity index (χ0n) is 14.5. The predicted molar refractivity (Wildman–Crippen MR) is 93.2 cm³/mol. The van der Waals surface area contributed by atoms with E-state index in [1.165, 1.54) is 0 Å². The summed E-state index contributed by atoms with van der Waals surface area (Å²) < 4.78 is 37.0. The molecule has 2 atom stereocenters. The smallest absolute Gasteiger partial charge is 0.251 e. The van der Waals surface area contributed by atoms with Crippen LogP contribution in [0.1, 0.15) is 30.6 Å². The largest absolute Gasteiger partial charge is 0.454 e. The van der Waals surface area contributed by atoms with Crippen LogP contribution < -0.4 is 14.8 Å². The van der Waals surface area contributed by atoms with Crippen molar-refractivity contribution in [2.24, 2.45) is 11.8 Å². The molecule has 0 aliphatic carbocycles. The van der Waals surface area contributed by atoms with Gasteiger partial charge in [-0.3, -0.25) is 4.79 Å². The number of nitrogens with zero attached hydrogens (tertiary/aromatic N) is 1. The topological polar surface area (TPSA) is 84.9 Å². The number of sulfonamides is 1. The summed E-state index contributed by atoms with van der Waals surface area (Å²) in [6, 6.07) is 4.90. The number of nitrogens with one attached hydrogen (secondary N) is 1. The van der Waals surface area contributed by atoms with E-state index in [9.17, 15) is 13.2 Å². The second-order valence-electron chi connectivity index (χ2n) is 6.90. The van der Waals surface area contributed by atoms with Crippen LogP contribution >= 0.6 is 0 Å². The van der Waals surface area contributed by atoms with E-state index in [0.29, 0.717) is 42.0 Å². The highest BCUT2D eigenvalue weighted by Crippen LogP contribution is 2.32. The van der Waals surface area contributed by atoms with E-state index < -0.39 is 10.0 Å². The highest BCUT2D eigenvalue weighted by molar-refractivity contribution is 7.89. The molecule has 2 heterocycles. The Morgan fingerprint density at radius 3 is 2.60 bits per heavy atom. The fourth-order valence-electron chi connectivity index (χ4n) is 3.40. The summed E-state index contributed by atoms with van der Waals surface area (Å²) in [5.41, 5.74) is 0.418. The molecule has 1 amide bonds. The summed E-state index contributed by atoms with van der Waals surface area (Å²) in [5.74, 6) is 1.43. The summed E-state index contributed by atoms with van der Waals surface area (Å²) in [6.07, 6.45) is 1.05. The van der Waals surface area contributed by atoms with Crippen molar-refractivity contribution in [1.82, 2.24) is 9.62 Å². The molecule has 0 saturated carbocycles. The first-order valence-corrected chi connectivity index (χ1v) is 10.1. The van der Waals surface area contributed by atoms with Crippen molar-refractivity contribution >= 4 is 15.9 Å². The number of benzene rings is 1. The van der Waals surface area contributed by atoms with Crippen molar-refractivity contribution in [2.45, 2.75) is 20.3 Å². The minimum absolute atomic E-state index is 0.0782. The molecule has 0 bridgehead atoms. The van der Waals surface area contributed by atoms with Crippen molar-refractivity contribution in [3.8, 4) is 11.5 Å². The first-order chi connectivity index (χ1) is 11.8. The van der Waals surface area contributed by atoms with Crippen molar-refractivity contribution in [3.05, 3.63) is 23.8 Å². The quantitative estimate of drug-likeness (QED) is 0.850. The van der Waals surface area contributed by atoms with Gasteiger partial charge in [-0.25, -0.2) is 12.7 Å². The van der Waals surface area contributed by atoms with Gasteiger partial charge in [0.2, 0.25) is 16.8 Å². The number of ether oxygens (including phenoxy) is 2. The number of hydrogen-bond acceptors (Lipinski definition) is 5. The molecule has 0 unspecified atom stereocenters. The minimum atomic E-state index is -3.36. The number of fused-ring (bicyclic) bond motifs is 1. The minimum Gasteiger partial charge on any atom is -0.454 e. The maximum atomic E-state index is 12.5. The molecule has 1 N–H and O–H groups in total. The van der Waals surface area contributed by atoms with E-state index in [1.807, 2.05) is 0 Å². The van der Waals surface area contributed by atoms with Crippen LogP contribution in [0.4, 0.5) is 0 Å². The van der Waals surface area contributed by atoms with E-state index in [2.05, 4.69) is 19.2 Å². The van der Waals surface area contributed by atoms with Crippen molar-refractivity contribution in [3.63, 3.8) is 0 Å². The van der Waals surface area contributed by atoms with E-state index in [4.69, 9.17) is 9.47 Å². The summed E-state index contributed by atoms with van der Waals surface area (Å²) >= 11 is 0. The third-order valence-corrected chi connectivity index (χ3v) is 6.31. The number of hydrogen-bond donors (Lipinski definition) is 1. The van der Waals surface area contributed by atoms with Crippen LogP contribution in [0.15, 0.2) is 18.2 Å². The molecule has 2 aliphatic heterocycles. The molecule has 25 heavy (non-hydrogen) atoms.